The van der Waals surface area contributed by atoms with Gasteiger partial charge in [-0.15, -0.1) is 4.68 Å². The van der Waals surface area contributed by atoms with Crippen LogP contribution in [0.3, 0.4) is 0 Å². The second-order valence-corrected chi connectivity index (χ2v) is 2.84. The van der Waals surface area contributed by atoms with Crippen LogP contribution in [0.2, 0.25) is 5.15 Å². The Labute approximate surface area is 79.7 Å². The van der Waals surface area contributed by atoms with E-state index in [1.807, 2.05) is 0 Å². The van der Waals surface area contributed by atoms with Crippen molar-refractivity contribution in [2.75, 3.05) is 5.73 Å². The molecule has 0 saturated carbocycles. The van der Waals surface area contributed by atoms with E-state index in [0.29, 0.717) is 11.0 Å². The Morgan fingerprint density at radius 3 is 3.00 bits per heavy atom. The van der Waals surface area contributed by atoms with Crippen LogP contribution in [0.4, 0.5) is 5.82 Å². The number of anilines is 1. The molecule has 13 heavy (non-hydrogen) atoms. The highest BCUT2D eigenvalue weighted by molar-refractivity contribution is 6.29. The molecular weight excluding hydrogens is 194 g/mol. The van der Waals surface area contributed by atoms with Crippen LogP contribution in [0.1, 0.15) is 6.42 Å². The molecule has 0 unspecified atom stereocenters. The van der Waals surface area contributed by atoms with Gasteiger partial charge in [0.25, 0.3) is 5.82 Å². The first kappa shape index (κ1) is 9.73. The lowest BCUT2D eigenvalue weighted by Crippen LogP contribution is -2.41. The van der Waals surface area contributed by atoms with Gasteiger partial charge in [-0.25, -0.2) is 0 Å². The van der Waals surface area contributed by atoms with Crippen molar-refractivity contribution in [2.45, 2.75) is 13.0 Å². The van der Waals surface area contributed by atoms with Gasteiger partial charge in [0, 0.05) is 6.07 Å². The molecule has 6 heteroatoms. The number of aliphatic carboxylic acids is 1. The fourth-order valence-corrected chi connectivity index (χ4v) is 0.981. The number of hydrogen-bond acceptors (Lipinski definition) is 3. The summed E-state index contributed by atoms with van der Waals surface area (Å²) >= 11 is 5.60. The summed E-state index contributed by atoms with van der Waals surface area (Å²) in [6.07, 6.45) is -0.0256. The largest absolute Gasteiger partial charge is 0.481 e. The maximum Gasteiger partial charge on any atom is 0.307 e. The Hall–Kier alpha value is -1.36. The number of aryl methyl sites for hydroxylation is 1. The summed E-state index contributed by atoms with van der Waals surface area (Å²) in [6, 6.07) is 3.13. The molecule has 0 bridgehead atoms. The van der Waals surface area contributed by atoms with Crippen LogP contribution < -0.4 is 10.4 Å². The van der Waals surface area contributed by atoms with Crippen molar-refractivity contribution in [3.05, 3.63) is 17.3 Å². The van der Waals surface area contributed by atoms with Crippen molar-refractivity contribution in [3.63, 3.8) is 0 Å². The molecule has 0 spiro atoms. The van der Waals surface area contributed by atoms with E-state index >= 15 is 0 Å². The van der Waals surface area contributed by atoms with Crippen LogP contribution in [-0.4, -0.2) is 16.2 Å². The number of carbonyl (C=O) groups is 1. The number of hydrogen-bond donors (Lipinski definition) is 2. The zero-order chi connectivity index (χ0) is 9.84. The quantitative estimate of drug-likeness (QED) is 0.681. The maximum absolute atomic E-state index is 10.3. The first-order valence-corrected chi connectivity index (χ1v) is 4.01. The summed E-state index contributed by atoms with van der Waals surface area (Å²) in [5, 5.41) is 12.5. The van der Waals surface area contributed by atoms with Gasteiger partial charge in [0.15, 0.2) is 5.15 Å². The summed E-state index contributed by atoms with van der Waals surface area (Å²) in [6.45, 7) is 0.224. The third-order valence-corrected chi connectivity index (χ3v) is 1.64. The highest BCUT2D eigenvalue weighted by Gasteiger charge is 2.08. The van der Waals surface area contributed by atoms with E-state index in [1.54, 1.807) is 12.1 Å². The van der Waals surface area contributed by atoms with E-state index in [2.05, 4.69) is 5.10 Å². The van der Waals surface area contributed by atoms with Crippen LogP contribution in [0.25, 0.3) is 0 Å². The zero-order valence-electron chi connectivity index (χ0n) is 6.77. The van der Waals surface area contributed by atoms with Crippen molar-refractivity contribution < 1.29 is 14.6 Å². The number of carboxylic acids is 1. The number of nitrogen functional groups attached to an aromatic ring is 1. The molecular formula is C7H9ClN3O2+. The SMILES string of the molecule is Nc1ccc(Cl)n[n+]1CCC(=O)O. The molecule has 0 amide bonds. The van der Waals surface area contributed by atoms with Gasteiger partial charge in [0.05, 0.1) is 6.42 Å². The first-order chi connectivity index (χ1) is 6.09. The van der Waals surface area contributed by atoms with Crippen molar-refractivity contribution >= 4 is 23.4 Å². The number of nitrogens with zero attached hydrogens (tertiary/aromatic N) is 2. The molecule has 0 atom stereocenters. The first-order valence-electron chi connectivity index (χ1n) is 3.63. The number of rotatable bonds is 3. The number of nitrogens with two attached hydrogens (primary N) is 1. The minimum absolute atomic E-state index is 0.0256. The topological polar surface area (TPSA) is 80.1 Å². The predicted molar refractivity (Wildman–Crippen MR) is 46.1 cm³/mol. The Bertz CT molecular complexity index is 330. The van der Waals surface area contributed by atoms with Gasteiger partial charge in [-0.1, -0.05) is 16.7 Å². The standard InChI is InChI=1S/C7H8ClN3O2/c8-5-1-2-6(9)11(10-5)4-3-7(12)13/h1-2,9H,3-4H2,(H,12,13)/p+1. The van der Waals surface area contributed by atoms with Crippen molar-refractivity contribution in [1.29, 1.82) is 0 Å². The van der Waals surface area contributed by atoms with Gasteiger partial charge in [0.2, 0.25) is 0 Å². The molecule has 1 rings (SSSR count). The zero-order valence-corrected chi connectivity index (χ0v) is 7.53. The minimum atomic E-state index is -0.895. The molecule has 1 aromatic heterocycles. The Kier molecular flexibility index (Phi) is 3.02. The van der Waals surface area contributed by atoms with E-state index in [-0.39, 0.29) is 13.0 Å². The third-order valence-electron chi connectivity index (χ3n) is 1.44. The Balaban J connectivity index is 2.75. The molecule has 70 valence electrons. The highest BCUT2D eigenvalue weighted by Crippen LogP contribution is 2.01. The molecule has 0 aliphatic heterocycles. The molecule has 1 aromatic rings. The molecule has 1 heterocycles. The highest BCUT2D eigenvalue weighted by atomic mass is 35.5. The lowest BCUT2D eigenvalue weighted by Gasteiger charge is -1.98. The summed E-state index contributed by atoms with van der Waals surface area (Å²) in [5.74, 6) is -0.501. The molecule has 3 N–H and O–H groups in total. The fourth-order valence-electron chi connectivity index (χ4n) is 0.827. The van der Waals surface area contributed by atoms with Gasteiger partial charge < -0.3 is 5.11 Å². The van der Waals surface area contributed by atoms with Crippen LogP contribution in [0.15, 0.2) is 12.1 Å². The molecule has 0 fully saturated rings. The van der Waals surface area contributed by atoms with Gasteiger partial charge in [-0.3, -0.25) is 10.5 Å². The minimum Gasteiger partial charge on any atom is -0.481 e. The van der Waals surface area contributed by atoms with Crippen molar-refractivity contribution in [3.8, 4) is 0 Å². The Morgan fingerprint density at radius 1 is 1.69 bits per heavy atom. The molecule has 5 nitrogen and oxygen atoms in total. The van der Waals surface area contributed by atoms with E-state index in [1.165, 1.54) is 4.68 Å². The molecule has 0 saturated heterocycles. The van der Waals surface area contributed by atoms with Crippen LogP contribution in [0, 0.1) is 0 Å². The van der Waals surface area contributed by atoms with Crippen molar-refractivity contribution in [1.82, 2.24) is 5.10 Å². The number of carboxylic acid groups (broad SMARTS) is 1. The van der Waals surface area contributed by atoms with Gasteiger partial charge in [0.1, 0.15) is 6.54 Å². The van der Waals surface area contributed by atoms with Gasteiger partial charge >= 0.3 is 5.97 Å². The lowest BCUT2D eigenvalue weighted by atomic mass is 10.4. The second-order valence-electron chi connectivity index (χ2n) is 2.45. The van der Waals surface area contributed by atoms with Gasteiger partial charge in [-0.05, 0) is 6.07 Å². The fraction of sp³-hybridized carbons (Fsp3) is 0.286. The van der Waals surface area contributed by atoms with E-state index in [9.17, 15) is 4.79 Å². The Morgan fingerprint density at radius 2 is 2.38 bits per heavy atom. The normalized spacial score (nSPS) is 9.92. The number of aromatic nitrogens is 2. The van der Waals surface area contributed by atoms with E-state index < -0.39 is 5.97 Å². The molecule has 0 aromatic carbocycles. The van der Waals surface area contributed by atoms with Crippen molar-refractivity contribution in [2.24, 2.45) is 0 Å². The maximum atomic E-state index is 10.3. The average Bonchev–Trinajstić information content (AvgIpc) is 2.06. The summed E-state index contributed by atoms with van der Waals surface area (Å²) in [4.78, 5) is 10.3. The monoisotopic (exact) mass is 202 g/mol. The third kappa shape index (κ3) is 2.87. The summed E-state index contributed by atoms with van der Waals surface area (Å²) in [7, 11) is 0. The van der Waals surface area contributed by atoms with Crippen LogP contribution in [0.5, 0.6) is 0 Å². The number of halogens is 1. The van der Waals surface area contributed by atoms with E-state index in [4.69, 9.17) is 22.4 Å². The second kappa shape index (κ2) is 4.04. The lowest BCUT2D eigenvalue weighted by molar-refractivity contribution is -0.739. The smallest absolute Gasteiger partial charge is 0.307 e. The summed E-state index contributed by atoms with van der Waals surface area (Å²) < 4.78 is 1.36. The molecule has 0 aliphatic carbocycles. The predicted octanol–water partition coefficient (Wildman–Crippen LogP) is 0.0794. The van der Waals surface area contributed by atoms with Crippen LogP contribution >= 0.6 is 11.6 Å². The summed E-state index contributed by atoms with van der Waals surface area (Å²) in [5.41, 5.74) is 5.52. The van der Waals surface area contributed by atoms with Gasteiger partial charge in [-0.2, -0.15) is 0 Å². The van der Waals surface area contributed by atoms with E-state index in [0.717, 1.165) is 0 Å². The molecule has 0 aliphatic rings. The molecule has 0 radical (unpaired) electrons. The average molecular weight is 203 g/mol. The van der Waals surface area contributed by atoms with Crippen LogP contribution in [-0.2, 0) is 11.3 Å².